The third-order valence-electron chi connectivity index (χ3n) is 3.90. The third-order valence-corrected chi connectivity index (χ3v) is 3.90. The lowest BCUT2D eigenvalue weighted by Crippen LogP contribution is -3.11. The molecule has 3 N–H and O–H groups in total. The second-order valence-corrected chi connectivity index (χ2v) is 6.38. The van der Waals surface area contributed by atoms with E-state index in [1.165, 1.54) is 11.1 Å². The van der Waals surface area contributed by atoms with Gasteiger partial charge < -0.3 is 10.5 Å². The molecule has 6 heteroatoms. The van der Waals surface area contributed by atoms with Crippen molar-refractivity contribution in [1.29, 1.82) is 0 Å². The Bertz CT molecular complexity index is 715. The molecule has 1 aromatic carbocycles. The van der Waals surface area contributed by atoms with Crippen molar-refractivity contribution >= 4 is 17.6 Å². The first-order chi connectivity index (χ1) is 11.5. The van der Waals surface area contributed by atoms with Crippen LogP contribution < -0.4 is 16.0 Å². The predicted molar refractivity (Wildman–Crippen MR) is 97.3 cm³/mol. The predicted octanol–water partition coefficient (Wildman–Crippen LogP) is 1.32. The van der Waals surface area contributed by atoms with Crippen molar-refractivity contribution in [2.24, 2.45) is 10.1 Å². The first kappa shape index (κ1) is 16.6. The van der Waals surface area contributed by atoms with Crippen LogP contribution in [0.2, 0.25) is 0 Å². The fourth-order valence-corrected chi connectivity index (χ4v) is 2.68. The van der Waals surface area contributed by atoms with Gasteiger partial charge in [-0.3, -0.25) is 4.99 Å². The van der Waals surface area contributed by atoms with Crippen molar-refractivity contribution in [3.63, 3.8) is 0 Å². The molecule has 1 heterocycles. The molecule has 2 atom stereocenters. The normalized spacial score (nSPS) is 22.7. The Balaban J connectivity index is 1.77. The van der Waals surface area contributed by atoms with E-state index >= 15 is 0 Å². The number of nitrogens with one attached hydrogen (secondary N) is 3. The molecule has 0 spiro atoms. The maximum atomic E-state index is 11.8. The van der Waals surface area contributed by atoms with Gasteiger partial charge in [0.1, 0.15) is 0 Å². The quantitative estimate of drug-likeness (QED) is 0.731. The molecule has 0 radical (unpaired) electrons. The van der Waals surface area contributed by atoms with Crippen molar-refractivity contribution in [3.05, 3.63) is 58.4 Å². The van der Waals surface area contributed by atoms with Gasteiger partial charge >= 0.3 is 0 Å². The monoisotopic (exact) mass is 325 g/mol. The summed E-state index contributed by atoms with van der Waals surface area (Å²) in [5, 5.41) is 18.7. The average molecular weight is 325 g/mol. The fraction of sp³-hybridized carbons (Fsp3) is 0.333. The first-order valence-electron chi connectivity index (χ1n) is 8.19. The van der Waals surface area contributed by atoms with E-state index < -0.39 is 0 Å². The summed E-state index contributed by atoms with van der Waals surface area (Å²) in [5.74, 6) is 0.473. The van der Waals surface area contributed by atoms with E-state index in [-0.39, 0.29) is 17.4 Å². The lowest BCUT2D eigenvalue weighted by Gasteiger charge is -2.26. The van der Waals surface area contributed by atoms with Crippen molar-refractivity contribution < 1.29 is 5.28 Å². The van der Waals surface area contributed by atoms with E-state index in [2.05, 4.69) is 64.2 Å². The Morgan fingerprint density at radius 2 is 2.08 bits per heavy atom. The molecule has 126 valence electrons. The van der Waals surface area contributed by atoms with Crippen LogP contribution in [0.5, 0.6) is 0 Å². The summed E-state index contributed by atoms with van der Waals surface area (Å²) in [6, 6.07) is 8.59. The maximum absolute atomic E-state index is 11.8. The van der Waals surface area contributed by atoms with Crippen LogP contribution in [0.3, 0.4) is 0 Å². The number of quaternary nitrogens is 1. The van der Waals surface area contributed by atoms with Gasteiger partial charge in [0, 0.05) is 5.70 Å². The van der Waals surface area contributed by atoms with Gasteiger partial charge in [-0.15, -0.1) is 5.43 Å². The van der Waals surface area contributed by atoms with E-state index in [1.807, 2.05) is 13.8 Å². The number of fused-ring (bicyclic) bond motifs is 1. The first-order valence-corrected chi connectivity index (χ1v) is 8.19. The van der Waals surface area contributed by atoms with Crippen molar-refractivity contribution in [2.75, 3.05) is 0 Å². The Hall–Kier alpha value is -2.28. The van der Waals surface area contributed by atoms with Crippen LogP contribution in [-0.4, -0.2) is 24.1 Å². The number of allylic oxidation sites excluding steroid dienone is 2. The molecule has 24 heavy (non-hydrogen) atoms. The number of nitrogens with zero attached hydrogens (tertiary/aromatic N) is 2. The summed E-state index contributed by atoms with van der Waals surface area (Å²) < 4.78 is 0. The van der Waals surface area contributed by atoms with Gasteiger partial charge in [0.2, 0.25) is 5.84 Å². The number of aryl methyl sites for hydroxylation is 1. The van der Waals surface area contributed by atoms with Crippen LogP contribution in [0, 0.1) is 12.1 Å². The molecule has 0 fully saturated rings. The smallest absolute Gasteiger partial charge is 0.206 e. The molecule has 1 aliphatic heterocycles. The van der Waals surface area contributed by atoms with Crippen LogP contribution in [0.15, 0.2) is 52.2 Å². The summed E-state index contributed by atoms with van der Waals surface area (Å²) in [4.78, 5) is 4.50. The largest absolute Gasteiger partial charge is 0.586 e. The number of benzene rings is 1. The summed E-state index contributed by atoms with van der Waals surface area (Å²) >= 11 is 0. The van der Waals surface area contributed by atoms with Crippen LogP contribution in [0.1, 0.15) is 31.4 Å². The zero-order chi connectivity index (χ0) is 17.1. The van der Waals surface area contributed by atoms with E-state index in [4.69, 9.17) is 0 Å². The third kappa shape index (κ3) is 3.97. The number of amidine groups is 1. The van der Waals surface area contributed by atoms with Crippen LogP contribution in [0.4, 0.5) is 0 Å². The minimum Gasteiger partial charge on any atom is -0.586 e. The Morgan fingerprint density at radius 3 is 2.79 bits per heavy atom. The zero-order valence-corrected chi connectivity index (χ0v) is 14.2. The lowest BCUT2D eigenvalue weighted by atomic mass is 9.94. The molecule has 3 rings (SSSR count). The highest BCUT2D eigenvalue weighted by molar-refractivity contribution is 6.30. The number of rotatable bonds is 4. The van der Waals surface area contributed by atoms with E-state index in [1.54, 1.807) is 6.21 Å². The van der Waals surface area contributed by atoms with Crippen molar-refractivity contribution in [2.45, 2.75) is 39.3 Å². The van der Waals surface area contributed by atoms with E-state index in [0.29, 0.717) is 5.84 Å². The molecule has 2 unspecified atom stereocenters. The van der Waals surface area contributed by atoms with Crippen molar-refractivity contribution in [1.82, 2.24) is 10.7 Å². The second kappa shape index (κ2) is 7.09. The molecule has 6 nitrogen and oxygen atoms in total. The molecule has 2 aliphatic rings. The van der Waals surface area contributed by atoms with Crippen LogP contribution >= 0.6 is 0 Å². The summed E-state index contributed by atoms with van der Waals surface area (Å²) in [6.45, 7) is 5.88. The van der Waals surface area contributed by atoms with Gasteiger partial charge in [0.15, 0.2) is 0 Å². The molecule has 1 aromatic rings. The van der Waals surface area contributed by atoms with Gasteiger partial charge in [-0.25, -0.2) is 0 Å². The molecule has 0 saturated carbocycles. The maximum Gasteiger partial charge on any atom is 0.206 e. The Kier molecular flexibility index (Phi) is 4.89. The number of aliphatic imine (C=N–C) groups is 1. The molecule has 0 amide bonds. The topological polar surface area (TPSA) is 76.3 Å². The van der Waals surface area contributed by atoms with E-state index in [9.17, 15) is 5.21 Å². The highest BCUT2D eigenvalue weighted by Gasteiger charge is 2.22. The summed E-state index contributed by atoms with van der Waals surface area (Å²) in [5.41, 5.74) is 7.31. The number of hydrogen-bond acceptors (Lipinski definition) is 4. The standard InChI is InChI=1S/C18H23N5O/c1-12(2)21-23(24)22-18-11-19-16-9-8-15(10-17(16)20-18)14-6-4-13(3)5-7-14/h4-8,10-12,16,21,23H,9H2,1-3H3,(H,20,22). The minimum atomic E-state index is -0.358. The minimum absolute atomic E-state index is 0.0556. The van der Waals surface area contributed by atoms with Crippen LogP contribution in [-0.2, 0) is 0 Å². The average Bonchev–Trinajstić information content (AvgIpc) is 2.54. The zero-order valence-electron chi connectivity index (χ0n) is 14.2. The fourth-order valence-electron chi connectivity index (χ4n) is 2.68. The summed E-state index contributed by atoms with van der Waals surface area (Å²) in [7, 11) is 0. The van der Waals surface area contributed by atoms with E-state index in [0.717, 1.165) is 17.7 Å². The molecule has 0 saturated heterocycles. The highest BCUT2D eigenvalue weighted by Crippen LogP contribution is 2.27. The Morgan fingerprint density at radius 1 is 1.33 bits per heavy atom. The lowest BCUT2D eigenvalue weighted by molar-refractivity contribution is -0.906. The van der Waals surface area contributed by atoms with Gasteiger partial charge in [0.25, 0.3) is 0 Å². The van der Waals surface area contributed by atoms with Crippen molar-refractivity contribution in [3.8, 4) is 0 Å². The SMILES string of the molecule is Cc1ccc(C2=CCC3N=CC(=N[NH+]([O-])NC(C)C)NC3=C2)cc1. The van der Waals surface area contributed by atoms with Crippen LogP contribution in [0.25, 0.3) is 5.57 Å². The molecule has 0 bridgehead atoms. The second-order valence-electron chi connectivity index (χ2n) is 6.38. The van der Waals surface area contributed by atoms with Gasteiger partial charge in [-0.2, -0.15) is 5.28 Å². The molecular weight excluding hydrogens is 302 g/mol. The van der Waals surface area contributed by atoms with Gasteiger partial charge in [-0.1, -0.05) is 35.9 Å². The van der Waals surface area contributed by atoms with Gasteiger partial charge in [0.05, 0.1) is 18.3 Å². The molecule has 1 aliphatic carbocycles. The number of hydrogen-bond donors (Lipinski definition) is 3. The van der Waals surface area contributed by atoms with Gasteiger partial charge in [-0.05, 0) is 49.5 Å². The summed E-state index contributed by atoms with van der Waals surface area (Å²) in [6.07, 6.45) is 6.76. The molecule has 0 aromatic heterocycles. The molecular formula is C18H23N5O. The highest BCUT2D eigenvalue weighted by atomic mass is 16.6. The Labute approximate surface area is 142 Å².